The van der Waals surface area contributed by atoms with Crippen molar-refractivity contribution in [1.82, 2.24) is 19.6 Å². The SMILES string of the molecule is NCc1cnn(-c2ccccc2C(=O)N2CCN(Cc3ccccc3)CC2)c1. The van der Waals surface area contributed by atoms with E-state index in [1.807, 2.05) is 41.4 Å². The van der Waals surface area contributed by atoms with Gasteiger partial charge < -0.3 is 10.6 Å². The molecule has 6 nitrogen and oxygen atoms in total. The molecule has 0 unspecified atom stereocenters. The van der Waals surface area contributed by atoms with Crippen LogP contribution in [0.1, 0.15) is 21.5 Å². The van der Waals surface area contributed by atoms with Gasteiger partial charge in [-0.25, -0.2) is 4.68 Å². The van der Waals surface area contributed by atoms with Crippen LogP contribution in [0.4, 0.5) is 0 Å². The Balaban J connectivity index is 1.44. The van der Waals surface area contributed by atoms with Crippen molar-refractivity contribution in [3.05, 3.63) is 83.7 Å². The first-order chi connectivity index (χ1) is 13.7. The van der Waals surface area contributed by atoms with Gasteiger partial charge in [0.2, 0.25) is 0 Å². The number of rotatable bonds is 5. The number of carbonyl (C=O) groups is 1. The molecule has 2 heterocycles. The zero-order chi connectivity index (χ0) is 19.3. The Kier molecular flexibility index (Phi) is 5.50. The molecule has 0 aliphatic carbocycles. The second-order valence-electron chi connectivity index (χ2n) is 7.07. The maximum absolute atomic E-state index is 13.2. The average molecular weight is 375 g/mol. The zero-order valence-corrected chi connectivity index (χ0v) is 15.9. The first-order valence-electron chi connectivity index (χ1n) is 9.63. The highest BCUT2D eigenvalue weighted by Gasteiger charge is 2.24. The summed E-state index contributed by atoms with van der Waals surface area (Å²) in [4.78, 5) is 17.5. The molecule has 0 radical (unpaired) electrons. The largest absolute Gasteiger partial charge is 0.336 e. The van der Waals surface area contributed by atoms with Crippen LogP contribution in [0.25, 0.3) is 5.69 Å². The van der Waals surface area contributed by atoms with Crippen LogP contribution in [-0.2, 0) is 13.1 Å². The number of benzene rings is 2. The molecule has 1 aliphatic heterocycles. The van der Waals surface area contributed by atoms with E-state index in [1.54, 1.807) is 10.9 Å². The molecule has 2 aromatic carbocycles. The number of nitrogens with two attached hydrogens (primary N) is 1. The summed E-state index contributed by atoms with van der Waals surface area (Å²) in [7, 11) is 0. The van der Waals surface area contributed by atoms with Crippen LogP contribution >= 0.6 is 0 Å². The number of hydrogen-bond acceptors (Lipinski definition) is 4. The number of aromatic nitrogens is 2. The minimum absolute atomic E-state index is 0.0553. The van der Waals surface area contributed by atoms with Crippen LogP contribution in [0.5, 0.6) is 0 Å². The van der Waals surface area contributed by atoms with Gasteiger partial charge in [0.15, 0.2) is 0 Å². The number of nitrogens with zero attached hydrogens (tertiary/aromatic N) is 4. The van der Waals surface area contributed by atoms with E-state index in [2.05, 4.69) is 34.3 Å². The van der Waals surface area contributed by atoms with E-state index in [1.165, 1.54) is 5.56 Å². The molecular formula is C22H25N5O. The summed E-state index contributed by atoms with van der Waals surface area (Å²) in [6.07, 6.45) is 3.62. The van der Waals surface area contributed by atoms with Gasteiger partial charge in [0.05, 0.1) is 17.4 Å². The van der Waals surface area contributed by atoms with Crippen molar-refractivity contribution in [2.24, 2.45) is 5.73 Å². The fourth-order valence-corrected chi connectivity index (χ4v) is 3.57. The van der Waals surface area contributed by atoms with E-state index in [4.69, 9.17) is 5.73 Å². The zero-order valence-electron chi connectivity index (χ0n) is 15.9. The van der Waals surface area contributed by atoms with Crippen LogP contribution in [-0.4, -0.2) is 51.7 Å². The van der Waals surface area contributed by atoms with Gasteiger partial charge in [-0.2, -0.15) is 5.10 Å². The summed E-state index contributed by atoms with van der Waals surface area (Å²) in [6, 6.07) is 18.1. The summed E-state index contributed by atoms with van der Waals surface area (Å²) in [6.45, 7) is 4.57. The molecule has 1 aromatic heterocycles. The van der Waals surface area contributed by atoms with Crippen molar-refractivity contribution >= 4 is 5.91 Å². The average Bonchev–Trinajstić information content (AvgIpc) is 3.24. The predicted octanol–water partition coefficient (Wildman–Crippen LogP) is 2.29. The van der Waals surface area contributed by atoms with E-state index in [0.29, 0.717) is 12.1 Å². The first kappa shape index (κ1) is 18.4. The van der Waals surface area contributed by atoms with Crippen molar-refractivity contribution in [2.75, 3.05) is 26.2 Å². The third-order valence-corrected chi connectivity index (χ3v) is 5.16. The topological polar surface area (TPSA) is 67.4 Å². The Labute approximate surface area is 165 Å². The maximum atomic E-state index is 13.2. The highest BCUT2D eigenvalue weighted by Crippen LogP contribution is 2.18. The summed E-state index contributed by atoms with van der Waals surface area (Å²) < 4.78 is 1.74. The van der Waals surface area contributed by atoms with Gasteiger partial charge in [0.1, 0.15) is 0 Å². The molecule has 1 amide bonds. The molecule has 1 fully saturated rings. The molecule has 0 atom stereocenters. The van der Waals surface area contributed by atoms with Gasteiger partial charge in [-0.3, -0.25) is 9.69 Å². The third kappa shape index (κ3) is 3.98. The summed E-state index contributed by atoms with van der Waals surface area (Å²) in [5.74, 6) is 0.0553. The molecular weight excluding hydrogens is 350 g/mol. The van der Waals surface area contributed by atoms with Gasteiger partial charge in [0.25, 0.3) is 5.91 Å². The quantitative estimate of drug-likeness (QED) is 0.743. The molecule has 4 rings (SSSR count). The van der Waals surface area contributed by atoms with Crippen LogP contribution < -0.4 is 5.73 Å². The second-order valence-corrected chi connectivity index (χ2v) is 7.07. The molecule has 28 heavy (non-hydrogen) atoms. The molecule has 0 saturated carbocycles. The summed E-state index contributed by atoms with van der Waals surface area (Å²) in [5.41, 5.74) is 9.40. The van der Waals surface area contributed by atoms with Crippen LogP contribution in [0.3, 0.4) is 0 Å². The van der Waals surface area contributed by atoms with E-state index in [-0.39, 0.29) is 5.91 Å². The normalized spacial score (nSPS) is 15.0. The smallest absolute Gasteiger partial charge is 0.256 e. The second kappa shape index (κ2) is 8.37. The Morgan fingerprint density at radius 3 is 2.36 bits per heavy atom. The van der Waals surface area contributed by atoms with Crippen molar-refractivity contribution in [1.29, 1.82) is 0 Å². The minimum atomic E-state index is 0.0553. The maximum Gasteiger partial charge on any atom is 0.256 e. The lowest BCUT2D eigenvalue weighted by Crippen LogP contribution is -2.48. The third-order valence-electron chi connectivity index (χ3n) is 5.16. The Morgan fingerprint density at radius 1 is 0.929 bits per heavy atom. The highest BCUT2D eigenvalue weighted by molar-refractivity contribution is 5.97. The first-order valence-corrected chi connectivity index (χ1v) is 9.63. The van der Waals surface area contributed by atoms with E-state index in [9.17, 15) is 4.79 Å². The van der Waals surface area contributed by atoms with Crippen LogP contribution in [0.15, 0.2) is 67.0 Å². The van der Waals surface area contributed by atoms with Crippen LogP contribution in [0.2, 0.25) is 0 Å². The van der Waals surface area contributed by atoms with Crippen LogP contribution in [0, 0.1) is 0 Å². The van der Waals surface area contributed by atoms with E-state index in [0.717, 1.165) is 44.0 Å². The fourth-order valence-electron chi connectivity index (χ4n) is 3.57. The molecule has 144 valence electrons. The molecule has 0 spiro atoms. The van der Waals surface area contributed by atoms with E-state index >= 15 is 0 Å². The van der Waals surface area contributed by atoms with Crippen molar-refractivity contribution in [3.8, 4) is 5.69 Å². The van der Waals surface area contributed by atoms with Gasteiger partial charge in [-0.05, 0) is 17.7 Å². The molecule has 0 bridgehead atoms. The number of carbonyl (C=O) groups excluding carboxylic acids is 1. The van der Waals surface area contributed by atoms with Crippen molar-refractivity contribution < 1.29 is 4.79 Å². The summed E-state index contributed by atoms with van der Waals surface area (Å²) >= 11 is 0. The minimum Gasteiger partial charge on any atom is -0.336 e. The lowest BCUT2D eigenvalue weighted by Gasteiger charge is -2.35. The predicted molar refractivity (Wildman–Crippen MR) is 109 cm³/mol. The highest BCUT2D eigenvalue weighted by atomic mass is 16.2. The molecule has 1 aliphatic rings. The molecule has 3 aromatic rings. The molecule has 6 heteroatoms. The number of para-hydroxylation sites is 1. The Morgan fingerprint density at radius 2 is 1.64 bits per heavy atom. The molecule has 2 N–H and O–H groups in total. The monoisotopic (exact) mass is 375 g/mol. The number of piperazine rings is 1. The lowest BCUT2D eigenvalue weighted by molar-refractivity contribution is 0.0628. The van der Waals surface area contributed by atoms with Gasteiger partial charge >= 0.3 is 0 Å². The number of amides is 1. The fraction of sp³-hybridized carbons (Fsp3) is 0.273. The van der Waals surface area contributed by atoms with Crippen molar-refractivity contribution in [3.63, 3.8) is 0 Å². The summed E-state index contributed by atoms with van der Waals surface area (Å²) in [5, 5.41) is 4.36. The lowest BCUT2D eigenvalue weighted by atomic mass is 10.1. The Bertz CT molecular complexity index is 929. The van der Waals surface area contributed by atoms with Gasteiger partial charge in [-0.15, -0.1) is 0 Å². The Hall–Kier alpha value is -2.96. The standard InChI is InChI=1S/C22H25N5O/c23-14-19-15-24-27(17-19)21-9-5-4-8-20(21)22(28)26-12-10-25(11-13-26)16-18-6-2-1-3-7-18/h1-9,15,17H,10-14,16,23H2. The number of hydrogen-bond donors (Lipinski definition) is 1. The van der Waals surface area contributed by atoms with Gasteiger partial charge in [-0.1, -0.05) is 42.5 Å². The van der Waals surface area contributed by atoms with E-state index < -0.39 is 0 Å². The molecule has 1 saturated heterocycles. The van der Waals surface area contributed by atoms with Gasteiger partial charge in [0, 0.05) is 51.0 Å². The van der Waals surface area contributed by atoms with Crippen molar-refractivity contribution in [2.45, 2.75) is 13.1 Å².